The van der Waals surface area contributed by atoms with Gasteiger partial charge in [-0.1, -0.05) is 24.3 Å². The van der Waals surface area contributed by atoms with Gasteiger partial charge < -0.3 is 0 Å². The van der Waals surface area contributed by atoms with Crippen molar-refractivity contribution in [1.29, 1.82) is 10.7 Å². The van der Waals surface area contributed by atoms with Crippen LogP contribution in [0.5, 0.6) is 0 Å². The number of hydrogen-bond acceptors (Lipinski definition) is 7. The second-order valence-corrected chi connectivity index (χ2v) is 7.51. The molecule has 3 aromatic rings. The van der Waals surface area contributed by atoms with Crippen LogP contribution in [0, 0.1) is 26.9 Å². The van der Waals surface area contributed by atoms with Gasteiger partial charge in [0.05, 0.1) is 33.7 Å². The molecule has 1 aliphatic heterocycles. The number of amides is 1. The molecule has 0 aliphatic carbocycles. The van der Waals surface area contributed by atoms with Crippen molar-refractivity contribution in [2.24, 2.45) is 0 Å². The van der Waals surface area contributed by atoms with Crippen molar-refractivity contribution < 1.29 is 9.72 Å². The van der Waals surface area contributed by atoms with Gasteiger partial charge in [0.25, 0.3) is 5.69 Å². The Hall–Kier alpha value is -3.84. The number of nitriles is 1. The molecule has 2 N–H and O–H groups in total. The summed E-state index contributed by atoms with van der Waals surface area (Å²) in [6.45, 7) is 0. The third kappa shape index (κ3) is 3.39. The fourth-order valence-corrected chi connectivity index (χ4v) is 4.36. The van der Waals surface area contributed by atoms with Gasteiger partial charge in [-0.05, 0) is 17.7 Å². The van der Waals surface area contributed by atoms with Gasteiger partial charge in [0.1, 0.15) is 16.8 Å². The summed E-state index contributed by atoms with van der Waals surface area (Å²) in [5.41, 5.74) is 3.64. The molecule has 1 fully saturated rings. The molecule has 4 rings (SSSR count). The van der Waals surface area contributed by atoms with E-state index in [9.17, 15) is 20.2 Å². The smallest absolute Gasteiger partial charge is 0.269 e. The van der Waals surface area contributed by atoms with Gasteiger partial charge in [-0.15, -0.1) is 11.3 Å². The molecule has 0 spiro atoms. The van der Waals surface area contributed by atoms with E-state index >= 15 is 0 Å². The number of thiazole rings is 1. The summed E-state index contributed by atoms with van der Waals surface area (Å²) in [6.07, 6.45) is -0.122. The molecule has 9 nitrogen and oxygen atoms in total. The molecule has 1 amide bonds. The van der Waals surface area contributed by atoms with E-state index in [1.54, 1.807) is 6.07 Å². The number of carbonyl (C=O) groups is 1. The molecule has 2 aromatic carbocycles. The van der Waals surface area contributed by atoms with Crippen LogP contribution in [0.3, 0.4) is 0 Å². The minimum absolute atomic E-state index is 0.00660. The zero-order chi connectivity index (χ0) is 20.5. The molecular weight excluding hydrogens is 392 g/mol. The first kappa shape index (κ1) is 18.5. The fraction of sp³-hybridized carbons (Fsp3) is 0.158. The number of aromatic nitrogens is 1. The van der Waals surface area contributed by atoms with Crippen LogP contribution in [0.15, 0.2) is 48.5 Å². The Kier molecular flexibility index (Phi) is 4.66. The first-order valence-electron chi connectivity index (χ1n) is 8.63. The number of para-hydroxylation sites is 1. The molecule has 1 saturated heterocycles. The zero-order valence-electron chi connectivity index (χ0n) is 14.9. The number of nitrogens with one attached hydrogen (secondary N) is 2. The van der Waals surface area contributed by atoms with Crippen molar-refractivity contribution in [2.45, 2.75) is 18.4 Å². The minimum Gasteiger partial charge on any atom is -0.287 e. The van der Waals surface area contributed by atoms with Crippen molar-refractivity contribution in [3.8, 4) is 6.07 Å². The Balaban J connectivity index is 1.85. The minimum atomic E-state index is -0.854. The lowest BCUT2D eigenvalue weighted by atomic mass is 9.93. The Morgan fingerprint density at radius 2 is 2.10 bits per heavy atom. The summed E-state index contributed by atoms with van der Waals surface area (Å²) < 4.78 is 0.904. The van der Waals surface area contributed by atoms with Crippen LogP contribution < -0.4 is 5.43 Å². The van der Waals surface area contributed by atoms with Gasteiger partial charge in [-0.2, -0.15) is 5.26 Å². The standard InChI is InChI=1S/C19H14N6O3S/c20-10-13(19-22-14-6-1-2-7-15(14)29-19)18(24-16(21)9-17(26)23-24)11-4-3-5-12(8-11)25(27)28/h1-8,13,18,21H,9H2,(H,23,26). The van der Waals surface area contributed by atoms with E-state index in [4.69, 9.17) is 5.41 Å². The third-order valence-electron chi connectivity index (χ3n) is 4.60. The van der Waals surface area contributed by atoms with Crippen LogP contribution in [0.4, 0.5) is 5.69 Å². The normalized spacial score (nSPS) is 15.8. The summed E-state index contributed by atoms with van der Waals surface area (Å²) in [6, 6.07) is 14.7. The van der Waals surface area contributed by atoms with Crippen molar-refractivity contribution in [1.82, 2.24) is 15.4 Å². The maximum Gasteiger partial charge on any atom is 0.269 e. The quantitative estimate of drug-likeness (QED) is 0.493. The van der Waals surface area contributed by atoms with Gasteiger partial charge >= 0.3 is 0 Å². The SMILES string of the molecule is N#CC(c1nc2ccccc2s1)C(c1cccc([N+](=O)[O-])c1)N1NC(=O)CC1=N. The summed E-state index contributed by atoms with van der Waals surface area (Å²) in [5, 5.41) is 31.2. The number of nitro benzene ring substituents is 1. The number of nitro groups is 1. The first-order chi connectivity index (χ1) is 14.0. The average Bonchev–Trinajstić information content (AvgIpc) is 3.28. The van der Waals surface area contributed by atoms with Gasteiger partial charge in [-0.3, -0.25) is 30.8 Å². The number of hydrogen-bond donors (Lipinski definition) is 2. The summed E-state index contributed by atoms with van der Waals surface area (Å²) in [4.78, 5) is 27.1. The lowest BCUT2D eigenvalue weighted by molar-refractivity contribution is -0.385. The molecule has 2 heterocycles. The first-order valence-corrected chi connectivity index (χ1v) is 9.45. The molecule has 10 heteroatoms. The van der Waals surface area contributed by atoms with Crippen LogP contribution >= 0.6 is 11.3 Å². The van der Waals surface area contributed by atoms with E-state index in [2.05, 4.69) is 16.5 Å². The van der Waals surface area contributed by atoms with E-state index < -0.39 is 16.9 Å². The monoisotopic (exact) mass is 406 g/mol. The van der Waals surface area contributed by atoms with Crippen LogP contribution in [0.25, 0.3) is 10.2 Å². The Bertz CT molecular complexity index is 1150. The number of fused-ring (bicyclic) bond motifs is 1. The van der Waals surface area contributed by atoms with Crippen LogP contribution in [0.1, 0.15) is 29.0 Å². The van der Waals surface area contributed by atoms with Gasteiger partial charge in [0, 0.05) is 12.1 Å². The van der Waals surface area contributed by atoms with Gasteiger partial charge in [0.15, 0.2) is 0 Å². The van der Waals surface area contributed by atoms with E-state index in [0.29, 0.717) is 10.6 Å². The number of rotatable bonds is 5. The number of benzene rings is 2. The van der Waals surface area contributed by atoms with E-state index in [1.165, 1.54) is 34.5 Å². The van der Waals surface area contributed by atoms with Crippen molar-refractivity contribution in [3.63, 3.8) is 0 Å². The predicted octanol–water partition coefficient (Wildman–Crippen LogP) is 3.27. The lowest BCUT2D eigenvalue weighted by Crippen LogP contribution is -2.41. The van der Waals surface area contributed by atoms with Crippen molar-refractivity contribution in [2.75, 3.05) is 0 Å². The molecule has 0 saturated carbocycles. The maximum absolute atomic E-state index is 11.9. The fourth-order valence-electron chi connectivity index (χ4n) is 3.31. The van der Waals surface area contributed by atoms with Crippen LogP contribution in [-0.4, -0.2) is 26.7 Å². The number of nitrogens with zero attached hydrogens (tertiary/aromatic N) is 4. The maximum atomic E-state index is 11.9. The highest BCUT2D eigenvalue weighted by atomic mass is 32.1. The van der Waals surface area contributed by atoms with E-state index in [0.717, 1.165) is 10.2 Å². The Morgan fingerprint density at radius 3 is 2.76 bits per heavy atom. The summed E-state index contributed by atoms with van der Waals surface area (Å²) in [5.74, 6) is -1.23. The zero-order valence-corrected chi connectivity index (χ0v) is 15.7. The van der Waals surface area contributed by atoms with Gasteiger partial charge in [-0.25, -0.2) is 4.98 Å². The summed E-state index contributed by atoms with van der Waals surface area (Å²) >= 11 is 1.35. The molecule has 0 radical (unpaired) electrons. The largest absolute Gasteiger partial charge is 0.287 e. The highest BCUT2D eigenvalue weighted by Gasteiger charge is 2.39. The molecule has 29 heavy (non-hydrogen) atoms. The van der Waals surface area contributed by atoms with Gasteiger partial charge in [0.2, 0.25) is 5.91 Å². The molecule has 0 bridgehead atoms. The molecule has 1 aromatic heterocycles. The molecule has 144 valence electrons. The molecule has 1 aliphatic rings. The Morgan fingerprint density at radius 1 is 1.31 bits per heavy atom. The average molecular weight is 406 g/mol. The predicted molar refractivity (Wildman–Crippen MR) is 106 cm³/mol. The second-order valence-electron chi connectivity index (χ2n) is 6.45. The highest BCUT2D eigenvalue weighted by molar-refractivity contribution is 7.18. The van der Waals surface area contributed by atoms with E-state index in [1.807, 2.05) is 24.3 Å². The summed E-state index contributed by atoms with van der Waals surface area (Å²) in [7, 11) is 0. The topological polar surface area (TPSA) is 136 Å². The van der Waals surface area contributed by atoms with Crippen molar-refractivity contribution in [3.05, 3.63) is 69.2 Å². The second kappa shape index (κ2) is 7.29. The number of amidine groups is 1. The number of non-ortho nitro benzene ring substituents is 1. The molecule has 2 unspecified atom stereocenters. The van der Waals surface area contributed by atoms with Crippen molar-refractivity contribution >= 4 is 39.0 Å². The number of hydrazine groups is 1. The van der Waals surface area contributed by atoms with Crippen LogP contribution in [-0.2, 0) is 4.79 Å². The Labute approximate surface area is 168 Å². The lowest BCUT2D eigenvalue weighted by Gasteiger charge is -2.31. The third-order valence-corrected chi connectivity index (χ3v) is 5.72. The molecular formula is C19H14N6O3S. The molecule has 2 atom stereocenters. The van der Waals surface area contributed by atoms with Crippen LogP contribution in [0.2, 0.25) is 0 Å². The highest BCUT2D eigenvalue weighted by Crippen LogP contribution is 2.40. The van der Waals surface area contributed by atoms with E-state index in [-0.39, 0.29) is 23.9 Å². The number of carbonyl (C=O) groups excluding carboxylic acids is 1.